The van der Waals surface area contributed by atoms with Gasteiger partial charge >= 0.3 is 0 Å². The molecule has 0 aliphatic rings. The van der Waals surface area contributed by atoms with Gasteiger partial charge in [-0.1, -0.05) is 13.0 Å². The maximum atomic E-state index is 12.2. The number of ether oxygens (including phenoxy) is 2. The molecule has 142 valence electrons. The minimum Gasteiger partial charge on any atom is -0.493 e. The Morgan fingerprint density at radius 2 is 1.81 bits per heavy atom. The average molecular weight is 369 g/mol. The van der Waals surface area contributed by atoms with Crippen molar-refractivity contribution in [2.45, 2.75) is 19.8 Å². The Bertz CT molecular complexity index is 816. The van der Waals surface area contributed by atoms with Gasteiger partial charge in [0.2, 0.25) is 5.91 Å². The first kappa shape index (κ1) is 20.0. The Labute approximate surface area is 158 Å². The smallest absolute Gasteiger partial charge is 0.271 e. The lowest BCUT2D eigenvalue weighted by Gasteiger charge is -2.09. The summed E-state index contributed by atoms with van der Waals surface area (Å²) < 4.78 is 10.5. The third kappa shape index (κ3) is 5.57. The molecular weight excluding hydrogens is 346 g/mol. The van der Waals surface area contributed by atoms with Crippen LogP contribution in [0.15, 0.2) is 47.6 Å². The van der Waals surface area contributed by atoms with Crippen molar-refractivity contribution in [3.8, 4) is 11.5 Å². The molecule has 2 N–H and O–H groups in total. The molecule has 2 aromatic rings. The first-order chi connectivity index (χ1) is 13.1. The summed E-state index contributed by atoms with van der Waals surface area (Å²) in [5.74, 6) is 0.699. The largest absolute Gasteiger partial charge is 0.493 e. The van der Waals surface area contributed by atoms with Crippen LogP contribution in [0.1, 0.15) is 35.7 Å². The number of carbonyl (C=O) groups is 2. The van der Waals surface area contributed by atoms with E-state index in [1.807, 2.05) is 6.92 Å². The first-order valence-corrected chi connectivity index (χ1v) is 8.53. The molecule has 7 heteroatoms. The summed E-state index contributed by atoms with van der Waals surface area (Å²) in [6.45, 7) is 1.94. The molecule has 0 aliphatic carbocycles. The Morgan fingerprint density at radius 3 is 2.44 bits per heavy atom. The van der Waals surface area contributed by atoms with Crippen molar-refractivity contribution in [2.24, 2.45) is 5.10 Å². The second-order valence-electron chi connectivity index (χ2n) is 5.66. The molecule has 0 atom stereocenters. The van der Waals surface area contributed by atoms with Gasteiger partial charge in [0.1, 0.15) is 0 Å². The average Bonchev–Trinajstić information content (AvgIpc) is 2.68. The van der Waals surface area contributed by atoms with Crippen LogP contribution < -0.4 is 20.2 Å². The quantitative estimate of drug-likeness (QED) is 0.552. The number of hydrazone groups is 1. The van der Waals surface area contributed by atoms with Crippen LogP contribution in [0.4, 0.5) is 5.69 Å². The lowest BCUT2D eigenvalue weighted by atomic mass is 10.2. The molecule has 0 aliphatic heterocycles. The lowest BCUT2D eigenvalue weighted by Crippen LogP contribution is -2.18. The monoisotopic (exact) mass is 369 g/mol. The van der Waals surface area contributed by atoms with Crippen molar-refractivity contribution in [1.82, 2.24) is 5.43 Å². The number of hydrogen-bond acceptors (Lipinski definition) is 5. The van der Waals surface area contributed by atoms with Gasteiger partial charge in [-0.3, -0.25) is 9.59 Å². The molecule has 0 bridgehead atoms. The van der Waals surface area contributed by atoms with Gasteiger partial charge in [0.25, 0.3) is 5.91 Å². The van der Waals surface area contributed by atoms with Crippen LogP contribution in [0.2, 0.25) is 0 Å². The number of methoxy groups -OCH3 is 2. The van der Waals surface area contributed by atoms with Gasteiger partial charge in [0, 0.05) is 23.2 Å². The van der Waals surface area contributed by atoms with E-state index in [-0.39, 0.29) is 11.8 Å². The highest BCUT2D eigenvalue weighted by Gasteiger charge is 2.08. The van der Waals surface area contributed by atoms with Crippen molar-refractivity contribution in [3.63, 3.8) is 0 Å². The normalized spacial score (nSPS) is 10.5. The fourth-order valence-electron chi connectivity index (χ4n) is 2.39. The van der Waals surface area contributed by atoms with Crippen LogP contribution in [-0.4, -0.2) is 32.2 Å². The van der Waals surface area contributed by atoms with Crippen LogP contribution in [-0.2, 0) is 4.79 Å². The first-order valence-electron chi connectivity index (χ1n) is 8.53. The molecule has 27 heavy (non-hydrogen) atoms. The Morgan fingerprint density at radius 1 is 1.07 bits per heavy atom. The predicted octanol–water partition coefficient (Wildman–Crippen LogP) is 3.21. The number of nitrogens with zero attached hydrogens (tertiary/aromatic N) is 1. The van der Waals surface area contributed by atoms with E-state index in [0.717, 1.165) is 6.42 Å². The molecule has 0 aromatic heterocycles. The Kier molecular flexibility index (Phi) is 7.37. The highest BCUT2D eigenvalue weighted by molar-refractivity contribution is 5.96. The zero-order valence-corrected chi connectivity index (χ0v) is 15.6. The number of benzene rings is 2. The highest BCUT2D eigenvalue weighted by atomic mass is 16.5. The zero-order chi connectivity index (χ0) is 19.6. The van der Waals surface area contributed by atoms with Crippen LogP contribution in [0, 0.1) is 0 Å². The maximum absolute atomic E-state index is 12.2. The molecule has 0 heterocycles. The summed E-state index contributed by atoms with van der Waals surface area (Å²) in [7, 11) is 3.09. The van der Waals surface area contributed by atoms with E-state index in [4.69, 9.17) is 9.47 Å². The SMILES string of the molecule is CCCC(=O)Nc1ccc(C(=O)N/N=C/c2cccc(OC)c2OC)cc1. The summed E-state index contributed by atoms with van der Waals surface area (Å²) in [5, 5.41) is 6.74. The van der Waals surface area contributed by atoms with Crippen LogP contribution in [0.3, 0.4) is 0 Å². The van der Waals surface area contributed by atoms with E-state index in [1.54, 1.807) is 49.6 Å². The van der Waals surface area contributed by atoms with Gasteiger partial charge in [-0.25, -0.2) is 5.43 Å². The standard InChI is InChI=1S/C20H23N3O4/c1-4-6-18(24)22-16-11-9-14(10-12-16)20(25)23-21-13-15-7-5-8-17(26-2)19(15)27-3/h5,7-13H,4,6H2,1-3H3,(H,22,24)(H,23,25)/b21-13+. The molecule has 0 radical (unpaired) electrons. The summed E-state index contributed by atoms with van der Waals surface area (Å²) in [4.78, 5) is 23.8. The summed E-state index contributed by atoms with van der Waals surface area (Å²) >= 11 is 0. The topological polar surface area (TPSA) is 89.0 Å². The van der Waals surface area contributed by atoms with E-state index in [9.17, 15) is 9.59 Å². The van der Waals surface area contributed by atoms with E-state index in [2.05, 4.69) is 15.8 Å². The van der Waals surface area contributed by atoms with Crippen molar-refractivity contribution < 1.29 is 19.1 Å². The van der Waals surface area contributed by atoms with Gasteiger partial charge in [-0.15, -0.1) is 0 Å². The minimum absolute atomic E-state index is 0.0495. The molecule has 0 saturated heterocycles. The second-order valence-corrected chi connectivity index (χ2v) is 5.66. The maximum Gasteiger partial charge on any atom is 0.271 e. The van der Waals surface area contributed by atoms with Gasteiger partial charge in [0.05, 0.1) is 20.4 Å². The Balaban J connectivity index is 1.99. The fourth-order valence-corrected chi connectivity index (χ4v) is 2.39. The van der Waals surface area contributed by atoms with Crippen molar-refractivity contribution in [1.29, 1.82) is 0 Å². The zero-order valence-electron chi connectivity index (χ0n) is 15.6. The van der Waals surface area contributed by atoms with E-state index in [1.165, 1.54) is 13.3 Å². The number of anilines is 1. The Hall–Kier alpha value is -3.35. The summed E-state index contributed by atoms with van der Waals surface area (Å²) in [6, 6.07) is 12.0. The molecule has 0 saturated carbocycles. The van der Waals surface area contributed by atoms with Gasteiger partial charge in [0.15, 0.2) is 11.5 Å². The van der Waals surface area contributed by atoms with E-state index >= 15 is 0 Å². The van der Waals surface area contributed by atoms with Crippen molar-refractivity contribution in [2.75, 3.05) is 19.5 Å². The van der Waals surface area contributed by atoms with Crippen molar-refractivity contribution in [3.05, 3.63) is 53.6 Å². The molecule has 0 fully saturated rings. The minimum atomic E-state index is -0.362. The molecule has 2 aromatic carbocycles. The van der Waals surface area contributed by atoms with E-state index < -0.39 is 0 Å². The third-order valence-corrected chi connectivity index (χ3v) is 3.71. The van der Waals surface area contributed by atoms with Crippen LogP contribution >= 0.6 is 0 Å². The molecule has 0 spiro atoms. The lowest BCUT2D eigenvalue weighted by molar-refractivity contribution is -0.116. The number of hydrogen-bond donors (Lipinski definition) is 2. The fraction of sp³-hybridized carbons (Fsp3) is 0.250. The number of carbonyl (C=O) groups excluding carboxylic acids is 2. The second kappa shape index (κ2) is 9.96. The predicted molar refractivity (Wildman–Crippen MR) is 105 cm³/mol. The van der Waals surface area contributed by atoms with E-state index in [0.29, 0.717) is 34.7 Å². The van der Waals surface area contributed by atoms with Gasteiger partial charge in [-0.2, -0.15) is 5.10 Å². The third-order valence-electron chi connectivity index (χ3n) is 3.71. The highest BCUT2D eigenvalue weighted by Crippen LogP contribution is 2.29. The van der Waals surface area contributed by atoms with Crippen LogP contribution in [0.5, 0.6) is 11.5 Å². The van der Waals surface area contributed by atoms with Crippen LogP contribution in [0.25, 0.3) is 0 Å². The number of amides is 2. The number of rotatable bonds is 8. The van der Waals surface area contributed by atoms with Gasteiger partial charge in [-0.05, 0) is 42.8 Å². The number of nitrogens with one attached hydrogen (secondary N) is 2. The molecule has 2 rings (SSSR count). The summed E-state index contributed by atoms with van der Waals surface area (Å²) in [6.07, 6.45) is 2.73. The molecule has 2 amide bonds. The molecule has 0 unspecified atom stereocenters. The molecule has 7 nitrogen and oxygen atoms in total. The number of para-hydroxylation sites is 1. The summed E-state index contributed by atoms with van der Waals surface area (Å²) in [5.41, 5.74) is 4.21. The molecular formula is C20H23N3O4. The van der Waals surface area contributed by atoms with Crippen molar-refractivity contribution >= 4 is 23.7 Å². The van der Waals surface area contributed by atoms with Gasteiger partial charge < -0.3 is 14.8 Å².